The van der Waals surface area contributed by atoms with Crippen LogP contribution < -0.4 is 0 Å². The summed E-state index contributed by atoms with van der Waals surface area (Å²) in [6.45, 7) is 0. The van der Waals surface area contributed by atoms with Gasteiger partial charge in [0.25, 0.3) is 0 Å². The Morgan fingerprint density at radius 1 is 0.230 bits per heavy atom. The van der Waals surface area contributed by atoms with Crippen LogP contribution in [0.5, 0.6) is 0 Å². The van der Waals surface area contributed by atoms with Crippen LogP contribution in [0.25, 0.3) is 142 Å². The number of para-hydroxylation sites is 2. The first-order chi connectivity index (χ1) is 30.2. The van der Waals surface area contributed by atoms with Gasteiger partial charge in [0.05, 0.1) is 0 Å². The molecule has 3 heterocycles. The highest BCUT2D eigenvalue weighted by molar-refractivity contribution is 6.30. The molecule has 14 rings (SSSR count). The highest BCUT2D eigenvalue weighted by Gasteiger charge is 2.23. The van der Waals surface area contributed by atoms with Gasteiger partial charge in [-0.05, 0) is 108 Å². The highest BCUT2D eigenvalue weighted by atomic mass is 16.3. The second kappa shape index (κ2) is 12.2. The second-order valence-electron chi connectivity index (χ2n) is 16.3. The molecule has 0 amide bonds. The zero-order valence-corrected chi connectivity index (χ0v) is 32.7. The minimum absolute atomic E-state index is 0.865. The normalized spacial score (nSPS) is 12.3. The molecule has 0 fully saturated rings. The van der Waals surface area contributed by atoms with Crippen LogP contribution in [0.2, 0.25) is 0 Å². The largest absolute Gasteiger partial charge is 0.455 e. The fourth-order valence-electron chi connectivity index (χ4n) is 10.3. The van der Waals surface area contributed by atoms with Crippen molar-refractivity contribution in [1.82, 2.24) is 0 Å². The van der Waals surface area contributed by atoms with E-state index in [2.05, 4.69) is 188 Å². The maximum atomic E-state index is 7.03. The van der Waals surface area contributed by atoms with Crippen molar-refractivity contribution in [3.63, 3.8) is 0 Å². The van der Waals surface area contributed by atoms with E-state index in [0.717, 1.165) is 110 Å². The molecule has 0 aliphatic rings. The van der Waals surface area contributed by atoms with Crippen molar-refractivity contribution in [2.45, 2.75) is 0 Å². The molecule has 3 heteroatoms. The van der Waals surface area contributed by atoms with Crippen LogP contribution >= 0.6 is 0 Å². The number of hydrogen-bond acceptors (Lipinski definition) is 3. The van der Waals surface area contributed by atoms with Gasteiger partial charge in [-0.25, -0.2) is 0 Å². The molecule has 0 radical (unpaired) electrons. The molecule has 0 aliphatic heterocycles. The Morgan fingerprint density at radius 3 is 1.18 bits per heavy atom. The predicted molar refractivity (Wildman–Crippen MR) is 255 cm³/mol. The molecule has 0 N–H and O–H groups in total. The van der Waals surface area contributed by atoms with Gasteiger partial charge in [0, 0.05) is 49.0 Å². The van der Waals surface area contributed by atoms with Crippen LogP contribution in [0.1, 0.15) is 0 Å². The average Bonchev–Trinajstić information content (AvgIpc) is 4.03. The monoisotopic (exact) mass is 776 g/mol. The zero-order valence-electron chi connectivity index (χ0n) is 32.7. The molecule has 0 bridgehead atoms. The Hall–Kier alpha value is -8.14. The number of hydrogen-bond donors (Lipinski definition) is 0. The lowest BCUT2D eigenvalue weighted by Crippen LogP contribution is -1.89. The molecule has 282 valence electrons. The molecule has 0 unspecified atom stereocenters. The fourth-order valence-corrected chi connectivity index (χ4v) is 10.3. The van der Waals surface area contributed by atoms with Gasteiger partial charge in [-0.15, -0.1) is 0 Å². The number of rotatable bonds is 3. The minimum atomic E-state index is 0.865. The van der Waals surface area contributed by atoms with Gasteiger partial charge in [-0.1, -0.05) is 146 Å². The Bertz CT molecular complexity index is 3960. The SMILES string of the molecule is c1ccc2c(c1)ccc1oc3c(-c4cc(-c5cccc6c5oc5ccccc56)cc(-c5cc6ccccc6c6c5oc5ccc7ccccc7c56)c4)cc4ccccc4c3c12. The van der Waals surface area contributed by atoms with Crippen molar-refractivity contribution in [2.24, 2.45) is 0 Å². The number of benzene rings is 11. The summed E-state index contributed by atoms with van der Waals surface area (Å²) in [6, 6.07) is 69.5. The van der Waals surface area contributed by atoms with Crippen LogP contribution in [0.3, 0.4) is 0 Å². The highest BCUT2D eigenvalue weighted by Crippen LogP contribution is 2.48. The van der Waals surface area contributed by atoms with Crippen molar-refractivity contribution in [2.75, 3.05) is 0 Å². The molecule has 14 aromatic rings. The summed E-state index contributed by atoms with van der Waals surface area (Å²) in [6.07, 6.45) is 0. The maximum Gasteiger partial charge on any atom is 0.143 e. The Kier molecular flexibility index (Phi) is 6.56. The van der Waals surface area contributed by atoms with Crippen molar-refractivity contribution in [1.29, 1.82) is 0 Å². The third-order valence-electron chi connectivity index (χ3n) is 13.0. The molecule has 0 saturated carbocycles. The van der Waals surface area contributed by atoms with Crippen LogP contribution in [0, 0.1) is 0 Å². The average molecular weight is 777 g/mol. The zero-order chi connectivity index (χ0) is 39.8. The number of fused-ring (bicyclic) bond motifs is 17. The standard InChI is InChI=1S/C58H32O3/c1-5-16-40-33(12-1)24-26-50-52(40)54-42-18-7-3-14-35(42)31-47(57(54)60-50)38-28-37(44-21-11-22-46-45-20-9-10-23-49(45)59-56(44)46)29-39(30-38)48-32-36-15-4-8-19-43(36)55-53-41-17-6-2-13-34(41)25-27-51(53)61-58(48)55/h1-32H. The van der Waals surface area contributed by atoms with E-state index in [0.29, 0.717) is 0 Å². The van der Waals surface area contributed by atoms with Gasteiger partial charge in [-0.3, -0.25) is 0 Å². The first-order valence-electron chi connectivity index (χ1n) is 20.8. The molecular formula is C58H32O3. The molecule has 11 aromatic carbocycles. The van der Waals surface area contributed by atoms with Crippen LogP contribution in [0.4, 0.5) is 0 Å². The van der Waals surface area contributed by atoms with Crippen LogP contribution in [-0.2, 0) is 0 Å². The van der Waals surface area contributed by atoms with Gasteiger partial charge in [-0.2, -0.15) is 0 Å². The van der Waals surface area contributed by atoms with Crippen LogP contribution in [-0.4, -0.2) is 0 Å². The third kappa shape index (κ3) is 4.63. The Labute approximate surface area is 348 Å². The van der Waals surface area contributed by atoms with E-state index in [1.807, 2.05) is 6.07 Å². The summed E-state index contributed by atoms with van der Waals surface area (Å²) in [5.74, 6) is 0. The maximum absolute atomic E-state index is 7.03. The topological polar surface area (TPSA) is 39.4 Å². The van der Waals surface area contributed by atoms with E-state index >= 15 is 0 Å². The summed E-state index contributed by atoms with van der Waals surface area (Å²) in [7, 11) is 0. The van der Waals surface area contributed by atoms with Gasteiger partial charge < -0.3 is 13.3 Å². The van der Waals surface area contributed by atoms with Gasteiger partial charge >= 0.3 is 0 Å². The van der Waals surface area contributed by atoms with E-state index in [4.69, 9.17) is 13.3 Å². The lowest BCUT2D eigenvalue weighted by molar-refractivity contribution is 0.670. The van der Waals surface area contributed by atoms with Crippen molar-refractivity contribution in [3.8, 4) is 33.4 Å². The Morgan fingerprint density at radius 2 is 0.639 bits per heavy atom. The second-order valence-corrected chi connectivity index (χ2v) is 16.3. The summed E-state index contributed by atoms with van der Waals surface area (Å²) >= 11 is 0. The lowest BCUT2D eigenvalue weighted by Gasteiger charge is -2.14. The van der Waals surface area contributed by atoms with Gasteiger partial charge in [0.2, 0.25) is 0 Å². The molecule has 3 aromatic heterocycles. The smallest absolute Gasteiger partial charge is 0.143 e. The van der Waals surface area contributed by atoms with Gasteiger partial charge in [0.15, 0.2) is 0 Å². The van der Waals surface area contributed by atoms with E-state index in [1.54, 1.807) is 0 Å². The Balaban J connectivity index is 1.14. The first-order valence-corrected chi connectivity index (χ1v) is 20.8. The molecule has 0 atom stereocenters. The van der Waals surface area contributed by atoms with Crippen molar-refractivity contribution < 1.29 is 13.3 Å². The lowest BCUT2D eigenvalue weighted by atomic mass is 9.89. The minimum Gasteiger partial charge on any atom is -0.455 e. The van der Waals surface area contributed by atoms with E-state index in [-0.39, 0.29) is 0 Å². The van der Waals surface area contributed by atoms with E-state index < -0.39 is 0 Å². The van der Waals surface area contributed by atoms with Crippen LogP contribution in [0.15, 0.2) is 207 Å². The van der Waals surface area contributed by atoms with Crippen molar-refractivity contribution >= 4 is 109 Å². The molecule has 3 nitrogen and oxygen atoms in total. The molecule has 0 spiro atoms. The summed E-state index contributed by atoms with van der Waals surface area (Å²) in [4.78, 5) is 0. The van der Waals surface area contributed by atoms with Crippen molar-refractivity contribution in [3.05, 3.63) is 194 Å². The van der Waals surface area contributed by atoms with E-state index in [9.17, 15) is 0 Å². The quantitative estimate of drug-likeness (QED) is 0.179. The predicted octanol–water partition coefficient (Wildman–Crippen LogP) is 17.0. The third-order valence-corrected chi connectivity index (χ3v) is 13.0. The molecular weight excluding hydrogens is 745 g/mol. The van der Waals surface area contributed by atoms with E-state index in [1.165, 1.54) is 32.3 Å². The molecule has 0 aliphatic carbocycles. The first kappa shape index (κ1) is 32.8. The molecule has 61 heavy (non-hydrogen) atoms. The summed E-state index contributed by atoms with van der Waals surface area (Å²) in [5.41, 5.74) is 11.4. The fraction of sp³-hybridized carbons (Fsp3) is 0. The summed E-state index contributed by atoms with van der Waals surface area (Å²) < 4.78 is 20.8. The number of furan rings is 3. The molecule has 0 saturated heterocycles. The van der Waals surface area contributed by atoms with Gasteiger partial charge in [0.1, 0.15) is 33.5 Å². The summed E-state index contributed by atoms with van der Waals surface area (Å²) in [5, 5.41) is 16.1.